The van der Waals surface area contributed by atoms with Gasteiger partial charge >= 0.3 is 0 Å². The monoisotopic (exact) mass is 356 g/mol. The molecule has 0 radical (unpaired) electrons. The van der Waals surface area contributed by atoms with Crippen molar-refractivity contribution in [2.75, 3.05) is 5.32 Å². The molecule has 0 atom stereocenters. The highest BCUT2D eigenvalue weighted by Crippen LogP contribution is 2.23. The van der Waals surface area contributed by atoms with Gasteiger partial charge in [-0.1, -0.05) is 12.8 Å². The standard InChI is InChI=1S/C16H18FN5O.C2H3N/c17-13-9-11(5-7-19-13)22-15(18)14-12(6-8-20-16(14)23)21-10-3-1-2-4-10;1-2-3/h5-10H,1-4H2,(H2,18,19,22)(H2,20,21,23);1H3. The summed E-state index contributed by atoms with van der Waals surface area (Å²) in [7, 11) is 0. The Morgan fingerprint density at radius 1 is 1.46 bits per heavy atom. The van der Waals surface area contributed by atoms with Crippen LogP contribution in [-0.2, 0) is 0 Å². The van der Waals surface area contributed by atoms with Gasteiger partial charge in [0, 0.05) is 31.4 Å². The van der Waals surface area contributed by atoms with Crippen LogP contribution in [0.2, 0.25) is 0 Å². The van der Waals surface area contributed by atoms with E-state index in [2.05, 4.69) is 20.3 Å². The van der Waals surface area contributed by atoms with Crippen LogP contribution in [0.5, 0.6) is 0 Å². The number of halogens is 1. The van der Waals surface area contributed by atoms with Crippen molar-refractivity contribution in [2.24, 2.45) is 10.7 Å². The van der Waals surface area contributed by atoms with E-state index in [9.17, 15) is 9.18 Å². The topological polar surface area (TPSA) is 120 Å². The number of rotatable bonds is 4. The molecule has 0 saturated heterocycles. The number of aliphatic imine (C=N–C) groups is 1. The summed E-state index contributed by atoms with van der Waals surface area (Å²) >= 11 is 0. The highest BCUT2D eigenvalue weighted by Gasteiger charge is 2.18. The van der Waals surface area contributed by atoms with Crippen LogP contribution >= 0.6 is 0 Å². The Bertz CT molecular complexity index is 864. The first-order chi connectivity index (χ1) is 12.5. The van der Waals surface area contributed by atoms with Gasteiger partial charge in [-0.25, -0.2) is 9.98 Å². The number of amidine groups is 1. The largest absolute Gasteiger partial charge is 0.383 e. The minimum atomic E-state index is -0.648. The molecule has 3 rings (SSSR count). The lowest BCUT2D eigenvalue weighted by molar-refractivity contribution is 0.584. The summed E-state index contributed by atoms with van der Waals surface area (Å²) in [6, 6.07) is 6.54. The van der Waals surface area contributed by atoms with Crippen molar-refractivity contribution in [3.63, 3.8) is 0 Å². The molecule has 4 N–H and O–H groups in total. The summed E-state index contributed by atoms with van der Waals surface area (Å²) in [6.07, 6.45) is 7.36. The molecule has 2 aromatic heterocycles. The first-order valence-electron chi connectivity index (χ1n) is 8.30. The number of nitrogens with one attached hydrogen (secondary N) is 2. The average Bonchev–Trinajstić information content (AvgIpc) is 3.08. The molecule has 1 aliphatic rings. The average molecular weight is 356 g/mol. The Morgan fingerprint density at radius 3 is 2.81 bits per heavy atom. The SMILES string of the molecule is CC#N.NC(=Nc1ccnc(F)c1)c1c(NC2CCCC2)cc[nH]c1=O. The van der Waals surface area contributed by atoms with Crippen LogP contribution in [0.1, 0.15) is 38.2 Å². The lowest BCUT2D eigenvalue weighted by Crippen LogP contribution is -2.28. The molecule has 7 nitrogen and oxygen atoms in total. The molecule has 1 saturated carbocycles. The molecule has 1 aliphatic carbocycles. The zero-order valence-electron chi connectivity index (χ0n) is 14.5. The Morgan fingerprint density at radius 2 is 2.15 bits per heavy atom. The maximum Gasteiger partial charge on any atom is 0.261 e. The summed E-state index contributed by atoms with van der Waals surface area (Å²) < 4.78 is 13.1. The highest BCUT2D eigenvalue weighted by atomic mass is 19.1. The zero-order chi connectivity index (χ0) is 18.9. The fourth-order valence-corrected chi connectivity index (χ4v) is 2.80. The second-order valence-electron chi connectivity index (χ2n) is 5.78. The smallest absolute Gasteiger partial charge is 0.261 e. The molecule has 2 heterocycles. The van der Waals surface area contributed by atoms with E-state index in [1.54, 1.807) is 18.3 Å². The number of hydrogen-bond donors (Lipinski definition) is 3. The minimum Gasteiger partial charge on any atom is -0.383 e. The number of nitriles is 1. The molecular formula is C18H21FN6O. The van der Waals surface area contributed by atoms with Crippen LogP contribution in [0.4, 0.5) is 15.8 Å². The third-order valence-corrected chi connectivity index (χ3v) is 3.89. The minimum absolute atomic E-state index is 0.0398. The van der Waals surface area contributed by atoms with Crippen LogP contribution in [0, 0.1) is 17.3 Å². The van der Waals surface area contributed by atoms with Gasteiger partial charge in [-0.05, 0) is 25.0 Å². The Balaban J connectivity index is 0.000000758. The van der Waals surface area contributed by atoms with Gasteiger partial charge < -0.3 is 16.0 Å². The number of nitrogens with two attached hydrogens (primary N) is 1. The van der Waals surface area contributed by atoms with E-state index in [1.807, 2.05) is 0 Å². The van der Waals surface area contributed by atoms with Gasteiger partial charge in [-0.3, -0.25) is 4.79 Å². The van der Waals surface area contributed by atoms with Crippen LogP contribution in [0.3, 0.4) is 0 Å². The molecule has 0 amide bonds. The van der Waals surface area contributed by atoms with Crippen LogP contribution in [0.25, 0.3) is 0 Å². The summed E-state index contributed by atoms with van der Waals surface area (Å²) in [5.74, 6) is -0.608. The van der Waals surface area contributed by atoms with E-state index < -0.39 is 5.95 Å². The fraction of sp³-hybridized carbons (Fsp3) is 0.333. The molecule has 136 valence electrons. The number of H-pyrrole nitrogens is 1. The molecule has 26 heavy (non-hydrogen) atoms. The van der Waals surface area contributed by atoms with Crippen LogP contribution in [-0.4, -0.2) is 21.8 Å². The zero-order valence-corrected chi connectivity index (χ0v) is 14.5. The maximum absolute atomic E-state index is 13.1. The molecule has 0 aliphatic heterocycles. The summed E-state index contributed by atoms with van der Waals surface area (Å²) in [5, 5.41) is 10.7. The second-order valence-corrected chi connectivity index (χ2v) is 5.78. The van der Waals surface area contributed by atoms with E-state index in [-0.39, 0.29) is 17.0 Å². The molecular weight excluding hydrogens is 335 g/mol. The highest BCUT2D eigenvalue weighted by molar-refractivity contribution is 6.03. The van der Waals surface area contributed by atoms with Gasteiger partial charge in [0.15, 0.2) is 0 Å². The molecule has 8 heteroatoms. The van der Waals surface area contributed by atoms with Crippen molar-refractivity contribution in [2.45, 2.75) is 38.6 Å². The quantitative estimate of drug-likeness (QED) is 0.442. The molecule has 0 unspecified atom stereocenters. The van der Waals surface area contributed by atoms with Gasteiger partial charge in [-0.15, -0.1) is 0 Å². The number of aromatic amines is 1. The number of hydrogen-bond acceptors (Lipinski definition) is 5. The van der Waals surface area contributed by atoms with Gasteiger partial charge in [-0.2, -0.15) is 9.65 Å². The Kier molecular flexibility index (Phi) is 6.85. The van der Waals surface area contributed by atoms with Crippen molar-refractivity contribution in [3.05, 3.63) is 52.5 Å². The molecule has 1 fully saturated rings. The van der Waals surface area contributed by atoms with E-state index in [0.29, 0.717) is 17.4 Å². The lowest BCUT2D eigenvalue weighted by Gasteiger charge is -2.16. The van der Waals surface area contributed by atoms with E-state index in [0.717, 1.165) is 18.9 Å². The molecule has 0 spiro atoms. The fourth-order valence-electron chi connectivity index (χ4n) is 2.80. The number of anilines is 1. The summed E-state index contributed by atoms with van der Waals surface area (Å²) in [5.41, 5.74) is 6.90. The first kappa shape index (κ1) is 19.1. The summed E-state index contributed by atoms with van der Waals surface area (Å²) in [6.45, 7) is 1.43. The van der Waals surface area contributed by atoms with Gasteiger partial charge in [0.05, 0.1) is 17.4 Å². The van der Waals surface area contributed by atoms with E-state index in [1.165, 1.54) is 32.0 Å². The van der Waals surface area contributed by atoms with E-state index >= 15 is 0 Å². The van der Waals surface area contributed by atoms with Gasteiger partial charge in [0.25, 0.3) is 5.56 Å². The van der Waals surface area contributed by atoms with Crippen molar-refractivity contribution in [1.82, 2.24) is 9.97 Å². The second kappa shape index (κ2) is 9.32. The van der Waals surface area contributed by atoms with Crippen LogP contribution < -0.4 is 16.6 Å². The third kappa shape index (κ3) is 5.14. The van der Waals surface area contributed by atoms with Crippen molar-refractivity contribution in [1.29, 1.82) is 5.26 Å². The van der Waals surface area contributed by atoms with Gasteiger partial charge in [0.2, 0.25) is 5.95 Å². The van der Waals surface area contributed by atoms with Crippen molar-refractivity contribution in [3.8, 4) is 6.07 Å². The normalized spacial score (nSPS) is 14.3. The number of pyridine rings is 2. The first-order valence-corrected chi connectivity index (χ1v) is 8.30. The lowest BCUT2D eigenvalue weighted by atomic mass is 10.1. The Hall–Kier alpha value is -3.21. The molecule has 0 bridgehead atoms. The van der Waals surface area contributed by atoms with Crippen molar-refractivity contribution < 1.29 is 4.39 Å². The third-order valence-electron chi connectivity index (χ3n) is 3.89. The Labute approximate surface area is 150 Å². The maximum atomic E-state index is 13.1. The predicted octanol–water partition coefficient (Wildman–Crippen LogP) is 2.83. The predicted molar refractivity (Wildman–Crippen MR) is 98.8 cm³/mol. The van der Waals surface area contributed by atoms with E-state index in [4.69, 9.17) is 11.0 Å². The number of nitrogens with zero attached hydrogens (tertiary/aromatic N) is 3. The van der Waals surface area contributed by atoms with Crippen molar-refractivity contribution >= 4 is 17.2 Å². The number of aromatic nitrogens is 2. The molecule has 2 aromatic rings. The molecule has 0 aromatic carbocycles. The van der Waals surface area contributed by atoms with Crippen LogP contribution in [0.15, 0.2) is 40.4 Å². The van der Waals surface area contributed by atoms with Gasteiger partial charge in [0.1, 0.15) is 11.4 Å². The summed E-state index contributed by atoms with van der Waals surface area (Å²) in [4.78, 5) is 22.4.